The van der Waals surface area contributed by atoms with Gasteiger partial charge in [-0.05, 0) is 36.8 Å². The number of rotatable bonds is 8. The Hall–Kier alpha value is -3.53. The van der Waals surface area contributed by atoms with E-state index in [1.807, 2.05) is 10.8 Å². The Morgan fingerprint density at radius 2 is 1.91 bits per heavy atom. The first-order valence-corrected chi connectivity index (χ1v) is 10.6. The normalized spacial score (nSPS) is 11.0. The van der Waals surface area contributed by atoms with Crippen molar-refractivity contribution in [3.63, 3.8) is 0 Å². The molecule has 0 aliphatic carbocycles. The number of hydrogen-bond donors (Lipinski definition) is 0. The molecule has 4 aromatic rings. The summed E-state index contributed by atoms with van der Waals surface area (Å²) in [6.07, 6.45) is 5.79. The minimum absolute atomic E-state index is 0.0321. The first-order chi connectivity index (χ1) is 15.5. The number of anilines is 1. The number of thiazole rings is 1. The number of halogens is 2. The van der Waals surface area contributed by atoms with Crippen molar-refractivity contribution in [2.45, 2.75) is 13.0 Å². The van der Waals surface area contributed by atoms with Crippen LogP contribution < -0.4 is 14.4 Å². The van der Waals surface area contributed by atoms with Gasteiger partial charge in [0.1, 0.15) is 21.7 Å². The summed E-state index contributed by atoms with van der Waals surface area (Å²) >= 11 is 1.27. The van der Waals surface area contributed by atoms with E-state index in [4.69, 9.17) is 9.47 Å². The third-order valence-electron chi connectivity index (χ3n) is 4.90. The van der Waals surface area contributed by atoms with E-state index >= 15 is 0 Å². The lowest BCUT2D eigenvalue weighted by atomic mass is 10.2. The molecule has 2 aromatic carbocycles. The van der Waals surface area contributed by atoms with Crippen LogP contribution in [-0.4, -0.2) is 41.2 Å². The van der Waals surface area contributed by atoms with Crippen LogP contribution in [0.3, 0.4) is 0 Å². The van der Waals surface area contributed by atoms with E-state index in [1.165, 1.54) is 29.4 Å². The number of ether oxygens (including phenoxy) is 2. The second-order valence-corrected chi connectivity index (χ2v) is 7.86. The highest BCUT2D eigenvalue weighted by molar-refractivity contribution is 7.22. The average Bonchev–Trinajstić information content (AvgIpc) is 3.47. The molecule has 7 nitrogen and oxygen atoms in total. The molecule has 0 aliphatic heterocycles. The summed E-state index contributed by atoms with van der Waals surface area (Å²) in [4.78, 5) is 23.4. The number of hydrogen-bond acceptors (Lipinski definition) is 6. The van der Waals surface area contributed by atoms with Gasteiger partial charge in [0.2, 0.25) is 0 Å². The summed E-state index contributed by atoms with van der Waals surface area (Å²) in [6, 6.07) is 6.61. The van der Waals surface area contributed by atoms with Crippen LogP contribution in [0, 0.1) is 11.6 Å². The van der Waals surface area contributed by atoms with Gasteiger partial charge in [0.25, 0.3) is 5.91 Å². The Morgan fingerprint density at radius 3 is 2.59 bits per heavy atom. The number of amides is 1. The minimum Gasteiger partial charge on any atom is -0.495 e. The summed E-state index contributed by atoms with van der Waals surface area (Å²) in [6.45, 7) is 0.930. The molecule has 0 atom stereocenters. The Balaban J connectivity index is 1.72. The van der Waals surface area contributed by atoms with Gasteiger partial charge in [0.15, 0.2) is 16.8 Å². The third kappa shape index (κ3) is 4.26. The van der Waals surface area contributed by atoms with E-state index in [9.17, 15) is 13.6 Å². The molecule has 0 saturated heterocycles. The SMILES string of the molecule is COc1ccc(OC)c2sc(N(CCCn3ccnc3)C(=O)c3ccc(F)c(F)c3)nc12. The summed E-state index contributed by atoms with van der Waals surface area (Å²) in [5.74, 6) is -1.43. The first kappa shape index (κ1) is 21.7. The van der Waals surface area contributed by atoms with Crippen LogP contribution in [0.5, 0.6) is 11.5 Å². The topological polar surface area (TPSA) is 69.5 Å². The van der Waals surface area contributed by atoms with Gasteiger partial charge in [0.05, 0.1) is 20.5 Å². The molecular formula is C22H20F2N4O3S. The smallest absolute Gasteiger partial charge is 0.260 e. The number of aryl methyl sites for hydroxylation is 1. The molecule has 0 fully saturated rings. The summed E-state index contributed by atoms with van der Waals surface area (Å²) in [5.41, 5.74) is 0.592. The Bertz CT molecular complexity index is 1200. The van der Waals surface area contributed by atoms with E-state index < -0.39 is 17.5 Å². The van der Waals surface area contributed by atoms with Crippen LogP contribution >= 0.6 is 11.3 Å². The fourth-order valence-corrected chi connectivity index (χ4v) is 4.39. The van der Waals surface area contributed by atoms with Crippen molar-refractivity contribution in [1.82, 2.24) is 14.5 Å². The maximum atomic E-state index is 13.8. The number of carbonyl (C=O) groups is 1. The second kappa shape index (κ2) is 9.31. The molecule has 1 amide bonds. The zero-order valence-corrected chi connectivity index (χ0v) is 18.2. The predicted octanol–water partition coefficient (Wildman–Crippen LogP) is 4.53. The number of methoxy groups -OCH3 is 2. The number of benzene rings is 2. The molecular weight excluding hydrogens is 438 g/mol. The average molecular weight is 458 g/mol. The number of carbonyl (C=O) groups excluding carboxylic acids is 1. The molecule has 0 spiro atoms. The molecule has 2 aromatic heterocycles. The molecule has 32 heavy (non-hydrogen) atoms. The maximum absolute atomic E-state index is 13.8. The fraction of sp³-hybridized carbons (Fsp3) is 0.227. The van der Waals surface area contributed by atoms with Gasteiger partial charge in [-0.2, -0.15) is 0 Å². The Kier molecular flexibility index (Phi) is 6.31. The molecule has 10 heteroatoms. The number of fused-ring (bicyclic) bond motifs is 1. The first-order valence-electron chi connectivity index (χ1n) is 9.76. The van der Waals surface area contributed by atoms with Crippen molar-refractivity contribution in [3.8, 4) is 11.5 Å². The van der Waals surface area contributed by atoms with Crippen molar-refractivity contribution in [2.75, 3.05) is 25.7 Å². The van der Waals surface area contributed by atoms with Crippen molar-refractivity contribution in [2.24, 2.45) is 0 Å². The number of aromatic nitrogens is 3. The number of nitrogens with zero attached hydrogens (tertiary/aromatic N) is 4. The molecule has 4 rings (SSSR count). The van der Waals surface area contributed by atoms with E-state index in [-0.39, 0.29) is 5.56 Å². The van der Waals surface area contributed by atoms with E-state index in [1.54, 1.807) is 31.8 Å². The van der Waals surface area contributed by atoms with Gasteiger partial charge >= 0.3 is 0 Å². The Labute approximate surface area is 186 Å². The van der Waals surface area contributed by atoms with Gasteiger partial charge < -0.3 is 14.0 Å². The van der Waals surface area contributed by atoms with E-state index in [0.717, 1.165) is 16.8 Å². The van der Waals surface area contributed by atoms with Gasteiger partial charge in [-0.15, -0.1) is 0 Å². The molecule has 0 radical (unpaired) electrons. The van der Waals surface area contributed by atoms with Gasteiger partial charge in [-0.1, -0.05) is 11.3 Å². The zero-order chi connectivity index (χ0) is 22.7. The molecule has 0 unspecified atom stereocenters. The predicted molar refractivity (Wildman–Crippen MR) is 118 cm³/mol. The van der Waals surface area contributed by atoms with Gasteiger partial charge in [-0.25, -0.2) is 18.7 Å². The number of imidazole rings is 1. The molecule has 2 heterocycles. The van der Waals surface area contributed by atoms with Crippen LogP contribution in [0.15, 0.2) is 49.1 Å². The maximum Gasteiger partial charge on any atom is 0.260 e. The van der Waals surface area contributed by atoms with Crippen molar-refractivity contribution >= 4 is 32.6 Å². The van der Waals surface area contributed by atoms with Gasteiger partial charge in [0, 0.05) is 31.0 Å². The van der Waals surface area contributed by atoms with Crippen LogP contribution in [0.25, 0.3) is 10.2 Å². The highest BCUT2D eigenvalue weighted by Crippen LogP contribution is 2.40. The summed E-state index contributed by atoms with van der Waals surface area (Å²) in [7, 11) is 3.09. The zero-order valence-electron chi connectivity index (χ0n) is 17.4. The third-order valence-corrected chi connectivity index (χ3v) is 5.99. The highest BCUT2D eigenvalue weighted by atomic mass is 32.1. The second-order valence-electron chi connectivity index (χ2n) is 6.88. The monoisotopic (exact) mass is 458 g/mol. The van der Waals surface area contributed by atoms with Crippen molar-refractivity contribution in [1.29, 1.82) is 0 Å². The highest BCUT2D eigenvalue weighted by Gasteiger charge is 2.24. The summed E-state index contributed by atoms with van der Waals surface area (Å²) in [5, 5.41) is 0.406. The standard InChI is InChI=1S/C22H20F2N4O3S/c1-30-17-6-7-18(31-2)20-19(17)26-22(32-20)28(10-3-9-27-11-8-25-13-27)21(29)14-4-5-15(23)16(24)12-14/h4-8,11-13H,3,9-10H2,1-2H3. The lowest BCUT2D eigenvalue weighted by Gasteiger charge is -2.20. The molecule has 0 N–H and O–H groups in total. The molecule has 0 aliphatic rings. The van der Waals surface area contributed by atoms with Crippen LogP contribution in [0.2, 0.25) is 0 Å². The summed E-state index contributed by atoms with van der Waals surface area (Å²) < 4.78 is 40.7. The van der Waals surface area contributed by atoms with E-state index in [0.29, 0.717) is 41.7 Å². The Morgan fingerprint density at radius 1 is 1.12 bits per heavy atom. The lowest BCUT2D eigenvalue weighted by molar-refractivity contribution is 0.0985. The quantitative estimate of drug-likeness (QED) is 0.388. The lowest BCUT2D eigenvalue weighted by Crippen LogP contribution is -2.32. The van der Waals surface area contributed by atoms with Crippen molar-refractivity contribution < 1.29 is 23.0 Å². The van der Waals surface area contributed by atoms with E-state index in [2.05, 4.69) is 9.97 Å². The van der Waals surface area contributed by atoms with Crippen LogP contribution in [0.1, 0.15) is 16.8 Å². The van der Waals surface area contributed by atoms with Crippen LogP contribution in [-0.2, 0) is 6.54 Å². The molecule has 0 saturated carbocycles. The molecule has 0 bridgehead atoms. The van der Waals surface area contributed by atoms with Crippen molar-refractivity contribution in [3.05, 3.63) is 66.3 Å². The van der Waals surface area contributed by atoms with Gasteiger partial charge in [-0.3, -0.25) is 9.69 Å². The fourth-order valence-electron chi connectivity index (χ4n) is 3.29. The largest absolute Gasteiger partial charge is 0.495 e. The minimum atomic E-state index is -1.08. The molecule has 166 valence electrons. The van der Waals surface area contributed by atoms with Crippen LogP contribution in [0.4, 0.5) is 13.9 Å².